The third kappa shape index (κ3) is 4.35. The summed E-state index contributed by atoms with van der Waals surface area (Å²) in [6, 6.07) is 13.6. The fraction of sp³-hybridized carbons (Fsp3) is 0.200. The van der Waals surface area contributed by atoms with Gasteiger partial charge in [0.1, 0.15) is 5.75 Å². The highest BCUT2D eigenvalue weighted by Crippen LogP contribution is 2.52. The van der Waals surface area contributed by atoms with Crippen molar-refractivity contribution in [1.29, 1.82) is 0 Å². The van der Waals surface area contributed by atoms with Crippen LogP contribution in [0.1, 0.15) is 16.7 Å². The quantitative estimate of drug-likeness (QED) is 0.303. The van der Waals surface area contributed by atoms with E-state index >= 15 is 0 Å². The molecule has 114 valence electrons. The highest BCUT2D eigenvalue weighted by atomic mass is 31.2. The van der Waals surface area contributed by atoms with E-state index in [1.165, 1.54) is 0 Å². The number of halogens is 1. The Hall–Kier alpha value is -2.29. The lowest BCUT2D eigenvalue weighted by Gasteiger charge is -2.14. The molecule has 0 aromatic heterocycles. The summed E-state index contributed by atoms with van der Waals surface area (Å²) < 4.78 is 31.6. The number of aryl methyl sites for hydroxylation is 1. The predicted molar refractivity (Wildman–Crippen MR) is 83.5 cm³/mol. The van der Waals surface area contributed by atoms with Crippen molar-refractivity contribution < 1.29 is 13.3 Å². The molecule has 7 heteroatoms. The highest BCUT2D eigenvalue weighted by Gasteiger charge is 2.26. The molecular weight excluding hydrogens is 304 g/mol. The predicted octanol–water partition coefficient (Wildman–Crippen LogP) is 5.55. The summed E-state index contributed by atoms with van der Waals surface area (Å²) in [5, 5.41) is 3.46. The Morgan fingerprint density at radius 2 is 1.82 bits per heavy atom. The van der Waals surface area contributed by atoms with Crippen LogP contribution in [0.25, 0.3) is 10.4 Å². The zero-order valence-electron chi connectivity index (χ0n) is 12.0. The van der Waals surface area contributed by atoms with Gasteiger partial charge in [-0.2, -0.15) is 0 Å². The molecule has 2 aromatic rings. The zero-order valence-corrected chi connectivity index (χ0v) is 12.9. The van der Waals surface area contributed by atoms with Crippen LogP contribution >= 0.6 is 7.68 Å². The van der Waals surface area contributed by atoms with Gasteiger partial charge in [-0.25, -0.2) is 4.57 Å². The molecular formula is C15H15FN3O2P. The molecule has 1 unspecified atom stereocenters. The smallest absolute Gasteiger partial charge is 0.420 e. The molecule has 0 fully saturated rings. The Kier molecular flexibility index (Phi) is 5.21. The van der Waals surface area contributed by atoms with Crippen molar-refractivity contribution in [2.24, 2.45) is 5.11 Å². The van der Waals surface area contributed by atoms with Crippen molar-refractivity contribution in [3.05, 3.63) is 75.7 Å². The highest BCUT2D eigenvalue weighted by molar-refractivity contribution is 7.53. The number of para-hydroxylation sites is 1. The molecule has 0 aliphatic rings. The molecule has 0 bridgehead atoms. The average Bonchev–Trinajstić information content (AvgIpc) is 2.48. The van der Waals surface area contributed by atoms with E-state index in [4.69, 9.17) is 10.1 Å². The first-order valence-electron chi connectivity index (χ1n) is 6.63. The Morgan fingerprint density at radius 3 is 2.50 bits per heavy atom. The summed E-state index contributed by atoms with van der Waals surface area (Å²) in [5.74, 6) is 0.265. The van der Waals surface area contributed by atoms with Crippen LogP contribution in [0.3, 0.4) is 0 Å². The van der Waals surface area contributed by atoms with Crippen LogP contribution in [0.2, 0.25) is 0 Å². The lowest BCUT2D eigenvalue weighted by molar-refractivity contribution is 0.432. The maximum atomic E-state index is 14.4. The molecule has 5 nitrogen and oxygen atoms in total. The summed E-state index contributed by atoms with van der Waals surface area (Å²) in [4.78, 5) is 2.68. The van der Waals surface area contributed by atoms with Crippen molar-refractivity contribution in [3.8, 4) is 5.75 Å². The first kappa shape index (κ1) is 16.1. The van der Waals surface area contributed by atoms with E-state index in [1.807, 2.05) is 0 Å². The number of hydrogen-bond donors (Lipinski definition) is 0. The fourth-order valence-electron chi connectivity index (χ4n) is 2.02. The molecule has 0 N–H and O–H groups in total. The topological polar surface area (TPSA) is 75.1 Å². The molecule has 0 aliphatic carbocycles. The Balaban J connectivity index is 2.20. The number of rotatable bonds is 6. The molecule has 0 spiro atoms. The molecule has 0 aliphatic heterocycles. The third-order valence-electron chi connectivity index (χ3n) is 3.11. The van der Waals surface area contributed by atoms with E-state index in [1.54, 1.807) is 55.5 Å². The van der Waals surface area contributed by atoms with Crippen molar-refractivity contribution in [1.82, 2.24) is 0 Å². The fourth-order valence-corrected chi connectivity index (χ4v) is 3.29. The van der Waals surface area contributed by atoms with Crippen LogP contribution in [0.4, 0.5) is 4.20 Å². The van der Waals surface area contributed by atoms with Gasteiger partial charge in [0.2, 0.25) is 0 Å². The minimum Gasteiger partial charge on any atom is -0.421 e. The normalized spacial score (nSPS) is 13.0. The van der Waals surface area contributed by atoms with Crippen LogP contribution in [-0.2, 0) is 17.3 Å². The molecule has 2 rings (SSSR count). The molecule has 0 radical (unpaired) electrons. The molecule has 0 saturated carbocycles. The summed E-state index contributed by atoms with van der Waals surface area (Å²) in [6.45, 7) is 1.84. The van der Waals surface area contributed by atoms with Crippen LogP contribution in [-0.4, -0.2) is 0 Å². The molecule has 0 amide bonds. The third-order valence-corrected chi connectivity index (χ3v) is 4.30. The Labute approximate surface area is 127 Å². The van der Waals surface area contributed by atoms with Crippen LogP contribution in [0.15, 0.2) is 53.6 Å². The van der Waals surface area contributed by atoms with E-state index < -0.39 is 7.68 Å². The number of azide groups is 1. The maximum Gasteiger partial charge on any atom is 0.420 e. The molecule has 0 saturated heterocycles. The van der Waals surface area contributed by atoms with E-state index in [0.29, 0.717) is 16.7 Å². The number of nitrogens with zero attached hydrogens (tertiary/aromatic N) is 3. The Bertz CT molecular complexity index is 760. The Morgan fingerprint density at radius 1 is 1.18 bits per heavy atom. The van der Waals surface area contributed by atoms with Gasteiger partial charge >= 0.3 is 7.68 Å². The standard InChI is InChI=1S/C15H15FN3O2P/c1-12-6-2-5-9-15(12)21-22(16,20)11-14-8-4-3-7-13(14)10-18-19-17/h2-9H,10-11H2,1H3. The van der Waals surface area contributed by atoms with E-state index in [0.717, 1.165) is 0 Å². The van der Waals surface area contributed by atoms with Crippen molar-refractivity contribution in [3.63, 3.8) is 0 Å². The second-order valence-electron chi connectivity index (χ2n) is 4.76. The van der Waals surface area contributed by atoms with Gasteiger partial charge in [-0.3, -0.25) is 0 Å². The minimum atomic E-state index is -4.36. The summed E-state index contributed by atoms with van der Waals surface area (Å²) in [7, 11) is -4.36. The SMILES string of the molecule is Cc1ccccc1OP(=O)(F)Cc1ccccc1CN=[N+]=[N-]. The van der Waals surface area contributed by atoms with Crippen molar-refractivity contribution in [2.45, 2.75) is 19.6 Å². The number of hydrogen-bond acceptors (Lipinski definition) is 3. The van der Waals surface area contributed by atoms with Gasteiger partial charge in [-0.15, -0.1) is 4.20 Å². The average molecular weight is 319 g/mol. The molecule has 22 heavy (non-hydrogen) atoms. The van der Waals surface area contributed by atoms with Gasteiger partial charge in [-0.1, -0.05) is 47.6 Å². The minimum absolute atomic E-state index is 0.0804. The van der Waals surface area contributed by atoms with Crippen LogP contribution in [0, 0.1) is 6.92 Å². The van der Waals surface area contributed by atoms with Crippen molar-refractivity contribution in [2.75, 3.05) is 0 Å². The van der Waals surface area contributed by atoms with Crippen LogP contribution in [0.5, 0.6) is 5.75 Å². The second-order valence-corrected chi connectivity index (χ2v) is 6.44. The largest absolute Gasteiger partial charge is 0.421 e. The first-order valence-corrected chi connectivity index (χ1v) is 8.33. The lowest BCUT2D eigenvalue weighted by atomic mass is 10.1. The van der Waals surface area contributed by atoms with Gasteiger partial charge in [0.25, 0.3) is 0 Å². The summed E-state index contributed by atoms with van der Waals surface area (Å²) >= 11 is 0. The van der Waals surface area contributed by atoms with Gasteiger partial charge in [0.15, 0.2) is 0 Å². The van der Waals surface area contributed by atoms with Gasteiger partial charge < -0.3 is 4.52 Å². The van der Waals surface area contributed by atoms with E-state index in [-0.39, 0.29) is 18.5 Å². The summed E-state index contributed by atoms with van der Waals surface area (Å²) in [6.07, 6.45) is -0.363. The van der Waals surface area contributed by atoms with Crippen molar-refractivity contribution >= 4 is 7.68 Å². The van der Waals surface area contributed by atoms with Gasteiger partial charge in [0.05, 0.1) is 12.7 Å². The second kappa shape index (κ2) is 7.12. The van der Waals surface area contributed by atoms with E-state index in [9.17, 15) is 8.76 Å². The zero-order chi connectivity index (χ0) is 16.0. The monoisotopic (exact) mass is 319 g/mol. The molecule has 2 aromatic carbocycles. The summed E-state index contributed by atoms with van der Waals surface area (Å²) in [5.41, 5.74) is 10.2. The molecule has 1 atom stereocenters. The first-order chi connectivity index (χ1) is 10.5. The van der Waals surface area contributed by atoms with Gasteiger partial charge in [0, 0.05) is 4.91 Å². The number of benzene rings is 2. The van der Waals surface area contributed by atoms with Gasteiger partial charge in [-0.05, 0) is 35.2 Å². The maximum absolute atomic E-state index is 14.4. The lowest BCUT2D eigenvalue weighted by Crippen LogP contribution is -1.97. The van der Waals surface area contributed by atoms with Crippen LogP contribution < -0.4 is 4.52 Å². The van der Waals surface area contributed by atoms with E-state index in [2.05, 4.69) is 10.0 Å². The molecule has 0 heterocycles.